The molecule has 4 N–H and O–H groups in total. The van der Waals surface area contributed by atoms with Crippen LogP contribution >= 0.6 is 0 Å². The smallest absolute Gasteiger partial charge is 0.306 e. The number of ether oxygens (including phenoxy) is 2. The van der Waals surface area contributed by atoms with Gasteiger partial charge in [0, 0.05) is 11.3 Å². The van der Waals surface area contributed by atoms with Gasteiger partial charge in [-0.05, 0) is 36.8 Å². The van der Waals surface area contributed by atoms with Gasteiger partial charge in [0.25, 0.3) is 5.56 Å². The Hall–Kier alpha value is -3.68. The number of methoxy groups -OCH3 is 1. The molecule has 3 rings (SSSR count). The van der Waals surface area contributed by atoms with E-state index in [-0.39, 0.29) is 30.1 Å². The Bertz CT molecular complexity index is 1120. The maximum absolute atomic E-state index is 12.8. The Labute approximate surface area is 166 Å². The van der Waals surface area contributed by atoms with Crippen LogP contribution in [0.2, 0.25) is 0 Å². The van der Waals surface area contributed by atoms with E-state index >= 15 is 0 Å². The van der Waals surface area contributed by atoms with Crippen LogP contribution in [-0.4, -0.2) is 40.0 Å². The van der Waals surface area contributed by atoms with E-state index in [1.54, 1.807) is 31.2 Å². The van der Waals surface area contributed by atoms with Gasteiger partial charge in [0.15, 0.2) is 11.5 Å². The van der Waals surface area contributed by atoms with Crippen molar-refractivity contribution in [2.75, 3.05) is 13.7 Å². The lowest BCUT2D eigenvalue weighted by atomic mass is 9.87. The monoisotopic (exact) mass is 399 g/mol. The fraction of sp³-hybridized carbons (Fsp3) is 0.238. The zero-order valence-corrected chi connectivity index (χ0v) is 15.9. The highest BCUT2D eigenvalue weighted by atomic mass is 16.5. The SMILES string of the molecule is CCOC(=O)C[C@@H](c1cc(O)c(O)c(OC)c1)c1c(O)c2ccccc2[nH]c1=O. The molecule has 0 saturated heterocycles. The summed E-state index contributed by atoms with van der Waals surface area (Å²) in [7, 11) is 1.30. The first kappa shape index (κ1) is 20.1. The van der Waals surface area contributed by atoms with Crippen LogP contribution in [0.25, 0.3) is 10.9 Å². The third-order valence-corrected chi connectivity index (χ3v) is 4.65. The number of phenols is 2. The predicted molar refractivity (Wildman–Crippen MR) is 106 cm³/mol. The maximum atomic E-state index is 12.8. The normalized spacial score (nSPS) is 11.9. The third kappa shape index (κ3) is 3.82. The number of aromatic nitrogens is 1. The van der Waals surface area contributed by atoms with Crippen molar-refractivity contribution in [3.8, 4) is 23.0 Å². The number of para-hydroxylation sites is 1. The fourth-order valence-corrected chi connectivity index (χ4v) is 3.31. The lowest BCUT2D eigenvalue weighted by Gasteiger charge is -2.20. The highest BCUT2D eigenvalue weighted by molar-refractivity contribution is 5.86. The number of carbonyl (C=O) groups excluding carboxylic acids is 1. The first-order chi connectivity index (χ1) is 13.9. The molecule has 0 fully saturated rings. The summed E-state index contributed by atoms with van der Waals surface area (Å²) in [6.07, 6.45) is -0.268. The minimum atomic E-state index is -0.956. The lowest BCUT2D eigenvalue weighted by Crippen LogP contribution is -2.21. The number of carbonyl (C=O) groups is 1. The number of benzene rings is 2. The first-order valence-corrected chi connectivity index (χ1v) is 8.96. The number of nitrogens with one attached hydrogen (secondary N) is 1. The standard InChI is InChI=1S/C21H21NO7/c1-3-29-17(24)10-13(11-8-15(23)20(26)16(9-11)28-2)18-19(25)12-6-4-5-7-14(12)22-21(18)27/h4-9,13,23,26H,3,10H2,1-2H3,(H2,22,25,27)/t13-/m0/s1. The summed E-state index contributed by atoms with van der Waals surface area (Å²) in [6, 6.07) is 9.33. The van der Waals surface area contributed by atoms with E-state index < -0.39 is 28.9 Å². The minimum absolute atomic E-state index is 0.0365. The molecule has 8 heteroatoms. The van der Waals surface area contributed by atoms with Crippen molar-refractivity contribution in [3.05, 3.63) is 57.9 Å². The summed E-state index contributed by atoms with van der Waals surface area (Å²) in [6.45, 7) is 1.80. The van der Waals surface area contributed by atoms with Crippen LogP contribution in [0.1, 0.15) is 30.4 Å². The Morgan fingerprint density at radius 2 is 1.86 bits per heavy atom. The largest absolute Gasteiger partial charge is 0.507 e. The summed E-state index contributed by atoms with van der Waals surface area (Å²) < 4.78 is 10.1. The van der Waals surface area contributed by atoms with Gasteiger partial charge in [-0.2, -0.15) is 0 Å². The van der Waals surface area contributed by atoms with Gasteiger partial charge in [-0.15, -0.1) is 0 Å². The number of hydrogen-bond acceptors (Lipinski definition) is 7. The molecule has 152 valence electrons. The second-order valence-corrected chi connectivity index (χ2v) is 6.41. The second-order valence-electron chi connectivity index (χ2n) is 6.41. The van der Waals surface area contributed by atoms with Crippen LogP contribution in [0.15, 0.2) is 41.2 Å². The summed E-state index contributed by atoms with van der Waals surface area (Å²) >= 11 is 0. The number of hydrogen-bond donors (Lipinski definition) is 4. The van der Waals surface area contributed by atoms with Crippen LogP contribution in [0.3, 0.4) is 0 Å². The van der Waals surface area contributed by atoms with Crippen molar-refractivity contribution in [1.29, 1.82) is 0 Å². The molecule has 0 radical (unpaired) electrons. The van der Waals surface area contributed by atoms with E-state index in [1.807, 2.05) is 0 Å². The molecule has 1 atom stereocenters. The van der Waals surface area contributed by atoms with Crippen LogP contribution in [0.5, 0.6) is 23.0 Å². The molecule has 29 heavy (non-hydrogen) atoms. The van der Waals surface area contributed by atoms with Crippen LogP contribution in [0, 0.1) is 0 Å². The van der Waals surface area contributed by atoms with E-state index in [2.05, 4.69) is 4.98 Å². The van der Waals surface area contributed by atoms with E-state index in [0.717, 1.165) is 0 Å². The Morgan fingerprint density at radius 3 is 2.55 bits per heavy atom. The van der Waals surface area contributed by atoms with Gasteiger partial charge in [0.2, 0.25) is 5.75 Å². The van der Waals surface area contributed by atoms with Crippen molar-refractivity contribution in [1.82, 2.24) is 4.98 Å². The molecule has 0 spiro atoms. The minimum Gasteiger partial charge on any atom is -0.507 e. The number of aromatic amines is 1. The molecular weight excluding hydrogens is 378 g/mol. The zero-order chi connectivity index (χ0) is 21.1. The summed E-state index contributed by atoms with van der Waals surface area (Å²) in [5.41, 5.74) is 0.104. The summed E-state index contributed by atoms with van der Waals surface area (Å²) in [4.78, 5) is 27.7. The number of aromatic hydroxyl groups is 3. The second kappa shape index (κ2) is 8.14. The van der Waals surface area contributed by atoms with Gasteiger partial charge >= 0.3 is 5.97 Å². The molecule has 0 aliphatic heterocycles. The predicted octanol–water partition coefficient (Wildman–Crippen LogP) is 2.74. The third-order valence-electron chi connectivity index (χ3n) is 4.65. The Morgan fingerprint density at radius 1 is 1.14 bits per heavy atom. The molecule has 0 aliphatic carbocycles. The fourth-order valence-electron chi connectivity index (χ4n) is 3.31. The molecule has 3 aromatic rings. The number of rotatable bonds is 6. The molecule has 0 amide bonds. The average Bonchev–Trinajstić information content (AvgIpc) is 2.69. The van der Waals surface area contributed by atoms with Crippen molar-refractivity contribution < 1.29 is 29.6 Å². The van der Waals surface area contributed by atoms with Gasteiger partial charge in [-0.25, -0.2) is 0 Å². The van der Waals surface area contributed by atoms with Crippen molar-refractivity contribution >= 4 is 16.9 Å². The topological polar surface area (TPSA) is 129 Å². The molecule has 1 heterocycles. The van der Waals surface area contributed by atoms with Gasteiger partial charge in [0.05, 0.1) is 31.2 Å². The number of fused-ring (bicyclic) bond motifs is 1. The molecular formula is C21H21NO7. The zero-order valence-electron chi connectivity index (χ0n) is 15.9. The molecule has 1 aromatic heterocycles. The molecule has 0 saturated carbocycles. The average molecular weight is 399 g/mol. The summed E-state index contributed by atoms with van der Waals surface area (Å²) in [5, 5.41) is 31.2. The van der Waals surface area contributed by atoms with Gasteiger partial charge in [-0.3, -0.25) is 9.59 Å². The molecule has 0 bridgehead atoms. The number of H-pyrrole nitrogens is 1. The quantitative estimate of drug-likeness (QED) is 0.370. The van der Waals surface area contributed by atoms with Crippen LogP contribution in [0.4, 0.5) is 0 Å². The Balaban J connectivity index is 2.25. The van der Waals surface area contributed by atoms with E-state index in [9.17, 15) is 24.9 Å². The lowest BCUT2D eigenvalue weighted by molar-refractivity contribution is -0.143. The van der Waals surface area contributed by atoms with Gasteiger partial charge < -0.3 is 29.8 Å². The van der Waals surface area contributed by atoms with Gasteiger partial charge in [-0.1, -0.05) is 12.1 Å². The molecule has 8 nitrogen and oxygen atoms in total. The van der Waals surface area contributed by atoms with Crippen molar-refractivity contribution in [2.24, 2.45) is 0 Å². The maximum Gasteiger partial charge on any atom is 0.306 e. The van der Waals surface area contributed by atoms with Gasteiger partial charge in [0.1, 0.15) is 5.75 Å². The molecule has 2 aromatic carbocycles. The van der Waals surface area contributed by atoms with Crippen LogP contribution < -0.4 is 10.3 Å². The van der Waals surface area contributed by atoms with E-state index in [0.29, 0.717) is 16.5 Å². The number of pyridine rings is 1. The summed E-state index contributed by atoms with van der Waals surface area (Å²) in [5.74, 6) is -2.80. The highest BCUT2D eigenvalue weighted by Crippen LogP contribution is 2.42. The van der Waals surface area contributed by atoms with E-state index in [4.69, 9.17) is 9.47 Å². The highest BCUT2D eigenvalue weighted by Gasteiger charge is 2.28. The van der Waals surface area contributed by atoms with Crippen molar-refractivity contribution in [3.63, 3.8) is 0 Å². The Kier molecular flexibility index (Phi) is 5.63. The first-order valence-electron chi connectivity index (χ1n) is 8.96. The van der Waals surface area contributed by atoms with E-state index in [1.165, 1.54) is 19.2 Å². The van der Waals surface area contributed by atoms with Crippen molar-refractivity contribution in [2.45, 2.75) is 19.3 Å². The number of phenolic OH excluding ortho intramolecular Hbond substituents is 2. The van der Waals surface area contributed by atoms with Crippen LogP contribution in [-0.2, 0) is 9.53 Å². The molecule has 0 aliphatic rings. The molecule has 0 unspecified atom stereocenters. The number of esters is 1.